The maximum atomic E-state index is 13.4. The van der Waals surface area contributed by atoms with Gasteiger partial charge in [0.05, 0.1) is 18.9 Å². The highest BCUT2D eigenvalue weighted by Crippen LogP contribution is 2.33. The van der Waals surface area contributed by atoms with Crippen molar-refractivity contribution >= 4 is 44.6 Å². The number of aromatic nitrogens is 2. The maximum absolute atomic E-state index is 13.4. The first-order chi connectivity index (χ1) is 14.5. The second-order valence-corrected chi connectivity index (χ2v) is 8.29. The van der Waals surface area contributed by atoms with Crippen molar-refractivity contribution < 1.29 is 14.3 Å². The number of H-pyrrole nitrogens is 1. The molecule has 152 valence electrons. The van der Waals surface area contributed by atoms with Crippen LogP contribution in [0.25, 0.3) is 20.7 Å². The number of hydrogen-bond donors (Lipinski definition) is 1. The summed E-state index contributed by atoms with van der Waals surface area (Å²) in [4.78, 5) is 55.4. The lowest BCUT2D eigenvalue weighted by Gasteiger charge is -2.17. The van der Waals surface area contributed by atoms with Crippen LogP contribution in [0, 0.1) is 0 Å². The van der Waals surface area contributed by atoms with Gasteiger partial charge in [-0.15, -0.1) is 22.7 Å². The quantitative estimate of drug-likeness (QED) is 0.366. The van der Waals surface area contributed by atoms with E-state index in [9.17, 15) is 19.2 Å². The summed E-state index contributed by atoms with van der Waals surface area (Å²) in [5, 5.41) is 4.01. The Morgan fingerprint density at radius 1 is 1.10 bits per heavy atom. The van der Waals surface area contributed by atoms with Crippen LogP contribution in [0.4, 0.5) is 0 Å². The number of Topliss-reactive ketones (excluding diaryl/α,β-unsaturated/α-hetero) is 1. The Hall–Kier alpha value is -3.30. The minimum atomic E-state index is -1.32. The zero-order chi connectivity index (χ0) is 21.3. The Balaban J connectivity index is 1.94. The van der Waals surface area contributed by atoms with Gasteiger partial charge in [-0.1, -0.05) is 36.4 Å². The number of ketones is 1. The summed E-state index contributed by atoms with van der Waals surface area (Å²) in [6, 6.07) is 10.7. The number of carbonyl (C=O) groups is 2. The van der Waals surface area contributed by atoms with Crippen LogP contribution in [0.1, 0.15) is 22.8 Å². The Morgan fingerprint density at radius 3 is 2.53 bits per heavy atom. The topological polar surface area (TPSA) is 98.2 Å². The summed E-state index contributed by atoms with van der Waals surface area (Å²) in [5.74, 6) is -1.21. The van der Waals surface area contributed by atoms with E-state index in [0.717, 1.165) is 9.44 Å². The van der Waals surface area contributed by atoms with E-state index in [1.54, 1.807) is 35.7 Å². The van der Waals surface area contributed by atoms with Crippen LogP contribution in [-0.2, 0) is 9.53 Å². The maximum Gasteiger partial charge on any atom is 0.330 e. The van der Waals surface area contributed by atoms with Crippen LogP contribution in [0.15, 0.2) is 62.8 Å². The lowest BCUT2D eigenvalue weighted by molar-refractivity contribution is -0.141. The Morgan fingerprint density at radius 2 is 1.87 bits per heavy atom. The zero-order valence-electron chi connectivity index (χ0n) is 15.8. The second-order valence-electron chi connectivity index (χ2n) is 6.46. The van der Waals surface area contributed by atoms with E-state index in [1.807, 2.05) is 17.5 Å². The standard InChI is InChI=1S/C21H16N2O5S2/c1-28-16(24)10-14(18(25)12-6-3-2-4-7-12)23-20(26)17-13(15-8-5-9-29-15)11-30-19(17)22-21(23)27/h2-9,11,14H,10H2,1H3,(H,22,27). The highest BCUT2D eigenvalue weighted by atomic mass is 32.1. The van der Waals surface area contributed by atoms with Crippen molar-refractivity contribution in [1.82, 2.24) is 9.55 Å². The van der Waals surface area contributed by atoms with Gasteiger partial charge in [-0.05, 0) is 11.4 Å². The Kier molecular flexibility index (Phi) is 5.47. The predicted molar refractivity (Wildman–Crippen MR) is 116 cm³/mol. The van der Waals surface area contributed by atoms with Crippen molar-refractivity contribution in [1.29, 1.82) is 0 Å². The van der Waals surface area contributed by atoms with Gasteiger partial charge in [0.2, 0.25) is 0 Å². The summed E-state index contributed by atoms with van der Waals surface area (Å²) in [6.45, 7) is 0. The van der Waals surface area contributed by atoms with Crippen LogP contribution in [0.3, 0.4) is 0 Å². The smallest absolute Gasteiger partial charge is 0.330 e. The molecule has 0 saturated carbocycles. The molecule has 0 spiro atoms. The van der Waals surface area contributed by atoms with Crippen molar-refractivity contribution in [2.24, 2.45) is 0 Å². The monoisotopic (exact) mass is 440 g/mol. The minimum absolute atomic E-state index is 0.293. The first-order valence-electron chi connectivity index (χ1n) is 8.97. The zero-order valence-corrected chi connectivity index (χ0v) is 17.4. The number of nitrogens with zero attached hydrogens (tertiary/aromatic N) is 1. The van der Waals surface area contributed by atoms with Gasteiger partial charge in [-0.3, -0.25) is 19.4 Å². The summed E-state index contributed by atoms with van der Waals surface area (Å²) in [6.07, 6.45) is -0.433. The lowest BCUT2D eigenvalue weighted by Crippen LogP contribution is -2.41. The summed E-state index contributed by atoms with van der Waals surface area (Å²) in [7, 11) is 1.19. The number of hydrogen-bond acceptors (Lipinski definition) is 7. The Labute approximate surface area is 178 Å². The van der Waals surface area contributed by atoms with E-state index < -0.39 is 35.5 Å². The van der Waals surface area contributed by atoms with Crippen LogP contribution in [0.5, 0.6) is 0 Å². The van der Waals surface area contributed by atoms with Gasteiger partial charge in [0.1, 0.15) is 10.9 Å². The van der Waals surface area contributed by atoms with Crippen molar-refractivity contribution in [2.45, 2.75) is 12.5 Å². The first-order valence-corrected chi connectivity index (χ1v) is 10.7. The fourth-order valence-electron chi connectivity index (χ4n) is 3.27. The average molecular weight is 441 g/mol. The molecular weight excluding hydrogens is 424 g/mol. The van der Waals surface area contributed by atoms with Crippen LogP contribution < -0.4 is 11.2 Å². The van der Waals surface area contributed by atoms with Gasteiger partial charge in [0.15, 0.2) is 5.78 Å². The third-order valence-electron chi connectivity index (χ3n) is 4.71. The number of thiophene rings is 2. The number of benzene rings is 1. The molecule has 0 aliphatic rings. The number of carbonyl (C=O) groups excluding carboxylic acids is 2. The largest absolute Gasteiger partial charge is 0.469 e. The molecule has 0 aliphatic heterocycles. The van der Waals surface area contributed by atoms with Crippen LogP contribution in [-0.4, -0.2) is 28.4 Å². The molecule has 1 aromatic carbocycles. The molecule has 0 radical (unpaired) electrons. The fraction of sp³-hybridized carbons (Fsp3) is 0.143. The number of ether oxygens (including phenoxy) is 1. The molecule has 4 rings (SSSR count). The van der Waals surface area contributed by atoms with E-state index in [1.165, 1.54) is 29.8 Å². The number of aromatic amines is 1. The summed E-state index contributed by atoms with van der Waals surface area (Å²) >= 11 is 2.71. The molecule has 1 unspecified atom stereocenters. The van der Waals surface area contributed by atoms with Crippen LogP contribution >= 0.6 is 22.7 Å². The van der Waals surface area contributed by atoms with Gasteiger partial charge in [-0.25, -0.2) is 9.36 Å². The van der Waals surface area contributed by atoms with E-state index >= 15 is 0 Å². The molecule has 0 amide bonds. The SMILES string of the molecule is COC(=O)CC(C(=O)c1ccccc1)n1c(=O)[nH]c2scc(-c3cccs3)c2c1=O. The van der Waals surface area contributed by atoms with Crippen molar-refractivity contribution in [3.05, 3.63) is 79.6 Å². The number of nitrogens with one attached hydrogen (secondary N) is 1. The molecule has 4 aromatic rings. The molecule has 7 nitrogen and oxygen atoms in total. The molecule has 1 atom stereocenters. The second kappa shape index (κ2) is 8.21. The van der Waals surface area contributed by atoms with Gasteiger partial charge in [0.25, 0.3) is 5.56 Å². The molecule has 0 saturated heterocycles. The molecule has 3 heterocycles. The van der Waals surface area contributed by atoms with E-state index in [0.29, 0.717) is 21.3 Å². The number of methoxy groups -OCH3 is 1. The first kappa shape index (κ1) is 20.0. The molecular formula is C21H16N2O5S2. The van der Waals surface area contributed by atoms with Crippen molar-refractivity contribution in [3.63, 3.8) is 0 Å². The third-order valence-corrected chi connectivity index (χ3v) is 6.51. The lowest BCUT2D eigenvalue weighted by atomic mass is 10.0. The van der Waals surface area contributed by atoms with Crippen LogP contribution in [0.2, 0.25) is 0 Å². The third kappa shape index (κ3) is 3.53. The fourth-order valence-corrected chi connectivity index (χ4v) is 5.03. The molecule has 30 heavy (non-hydrogen) atoms. The summed E-state index contributed by atoms with van der Waals surface area (Å²) < 4.78 is 5.54. The molecule has 3 aromatic heterocycles. The van der Waals surface area contributed by atoms with E-state index in [-0.39, 0.29) is 0 Å². The van der Waals surface area contributed by atoms with Gasteiger partial charge >= 0.3 is 11.7 Å². The number of fused-ring (bicyclic) bond motifs is 1. The van der Waals surface area contributed by atoms with Crippen molar-refractivity contribution in [2.75, 3.05) is 7.11 Å². The van der Waals surface area contributed by atoms with E-state index in [4.69, 9.17) is 4.74 Å². The molecule has 0 fully saturated rings. The van der Waals surface area contributed by atoms with Gasteiger partial charge < -0.3 is 4.74 Å². The number of esters is 1. The van der Waals surface area contributed by atoms with Gasteiger partial charge in [-0.2, -0.15) is 0 Å². The van der Waals surface area contributed by atoms with Gasteiger partial charge in [0, 0.05) is 21.4 Å². The predicted octanol–water partition coefficient (Wildman–Crippen LogP) is 3.47. The highest BCUT2D eigenvalue weighted by Gasteiger charge is 2.29. The highest BCUT2D eigenvalue weighted by molar-refractivity contribution is 7.18. The van der Waals surface area contributed by atoms with Crippen molar-refractivity contribution in [3.8, 4) is 10.4 Å². The van der Waals surface area contributed by atoms with E-state index in [2.05, 4.69) is 4.98 Å². The molecule has 1 N–H and O–H groups in total. The summed E-state index contributed by atoms with van der Waals surface area (Å²) in [5.41, 5.74) is -0.382. The molecule has 0 aliphatic carbocycles. The molecule has 0 bridgehead atoms. The number of rotatable bonds is 6. The Bertz CT molecular complexity index is 1330. The molecule has 9 heteroatoms. The average Bonchev–Trinajstić information content (AvgIpc) is 3.42. The normalized spacial score (nSPS) is 12.0. The minimum Gasteiger partial charge on any atom is -0.469 e.